The van der Waals surface area contributed by atoms with Gasteiger partial charge < -0.3 is 14.8 Å². The van der Waals surface area contributed by atoms with Crippen LogP contribution >= 0.6 is 11.8 Å². The Morgan fingerprint density at radius 3 is 2.72 bits per heavy atom. The van der Waals surface area contributed by atoms with Gasteiger partial charge in [-0.2, -0.15) is 5.10 Å². The molecular formula is C21H18FN3O3S. The largest absolute Gasteiger partial charge is 0.454 e. The molecule has 1 amide bonds. The van der Waals surface area contributed by atoms with Crippen molar-refractivity contribution in [3.63, 3.8) is 0 Å². The minimum Gasteiger partial charge on any atom is -0.454 e. The third-order valence-corrected chi connectivity index (χ3v) is 6.49. The third kappa shape index (κ3) is 3.04. The van der Waals surface area contributed by atoms with Crippen LogP contribution < -0.4 is 14.8 Å². The lowest BCUT2D eigenvalue weighted by Crippen LogP contribution is -2.22. The molecule has 0 spiro atoms. The van der Waals surface area contributed by atoms with Gasteiger partial charge in [0, 0.05) is 5.56 Å². The van der Waals surface area contributed by atoms with Gasteiger partial charge in [-0.05, 0) is 55.8 Å². The summed E-state index contributed by atoms with van der Waals surface area (Å²) in [6.07, 6.45) is 0. The second-order valence-electron chi connectivity index (χ2n) is 7.00. The molecule has 8 heteroatoms. The van der Waals surface area contributed by atoms with E-state index in [4.69, 9.17) is 9.47 Å². The lowest BCUT2D eigenvalue weighted by molar-refractivity contribution is -0.115. The summed E-state index contributed by atoms with van der Waals surface area (Å²) >= 11 is 1.56. The van der Waals surface area contributed by atoms with E-state index >= 15 is 0 Å². The predicted molar refractivity (Wildman–Crippen MR) is 108 cm³/mol. The van der Waals surface area contributed by atoms with E-state index in [1.807, 2.05) is 32.0 Å². The van der Waals surface area contributed by atoms with Crippen molar-refractivity contribution >= 4 is 23.5 Å². The fraction of sp³-hybridized carbons (Fsp3) is 0.238. The molecule has 0 fully saturated rings. The first-order chi connectivity index (χ1) is 14.0. The number of aryl methyl sites for hydroxylation is 1. The summed E-state index contributed by atoms with van der Waals surface area (Å²) in [4.78, 5) is 12.7. The first-order valence-electron chi connectivity index (χ1n) is 9.22. The molecular weight excluding hydrogens is 393 g/mol. The molecule has 2 aliphatic heterocycles. The highest BCUT2D eigenvalue weighted by Gasteiger charge is 2.34. The van der Waals surface area contributed by atoms with E-state index in [1.54, 1.807) is 28.6 Å². The molecule has 148 valence electrons. The molecule has 3 aromatic rings. The number of thioether (sulfide) groups is 1. The number of nitrogens with zero attached hydrogens (tertiary/aromatic N) is 2. The Hall–Kier alpha value is -3.00. The Morgan fingerprint density at radius 1 is 1.17 bits per heavy atom. The van der Waals surface area contributed by atoms with E-state index < -0.39 is 0 Å². The molecule has 0 unspecified atom stereocenters. The van der Waals surface area contributed by atoms with Crippen molar-refractivity contribution in [3.8, 4) is 17.2 Å². The second kappa shape index (κ2) is 6.81. The minimum absolute atomic E-state index is 0.0947. The Balaban J connectivity index is 1.67. The molecule has 0 saturated carbocycles. The number of fused-ring (bicyclic) bond motifs is 2. The Morgan fingerprint density at radius 2 is 1.93 bits per heavy atom. The number of halogens is 1. The standard InChI is InChI=1S/C21H18FN3O3S/c1-11-18-19(13-3-8-16-17(9-13)28-10-27-16)29-12(2)21(26)23-20(18)25(24-11)15-6-4-14(22)5-7-15/h3-9,12,19H,10H2,1-2H3,(H,23,26)/t12-,19+/m1/s1. The van der Waals surface area contributed by atoms with Crippen molar-refractivity contribution in [1.82, 2.24) is 9.78 Å². The smallest absolute Gasteiger partial charge is 0.238 e. The van der Waals surface area contributed by atoms with Crippen molar-refractivity contribution in [2.45, 2.75) is 24.3 Å². The number of hydrogen-bond donors (Lipinski definition) is 1. The molecule has 0 radical (unpaired) electrons. The average Bonchev–Trinajstić information content (AvgIpc) is 3.27. The van der Waals surface area contributed by atoms with Crippen LogP contribution in [0.25, 0.3) is 5.69 Å². The highest BCUT2D eigenvalue weighted by atomic mass is 32.2. The first kappa shape index (κ1) is 18.1. The van der Waals surface area contributed by atoms with Gasteiger partial charge in [0.15, 0.2) is 11.5 Å². The second-order valence-corrected chi connectivity index (χ2v) is 8.45. The molecule has 6 nitrogen and oxygen atoms in total. The van der Waals surface area contributed by atoms with Crippen LogP contribution in [-0.4, -0.2) is 27.7 Å². The van der Waals surface area contributed by atoms with Gasteiger partial charge in [0.1, 0.15) is 11.6 Å². The van der Waals surface area contributed by atoms with Gasteiger partial charge in [-0.3, -0.25) is 4.79 Å². The average molecular weight is 411 g/mol. The summed E-state index contributed by atoms with van der Waals surface area (Å²) in [6, 6.07) is 11.9. The number of anilines is 1. The van der Waals surface area contributed by atoms with Crippen LogP contribution in [0, 0.1) is 12.7 Å². The maximum absolute atomic E-state index is 13.4. The summed E-state index contributed by atoms with van der Waals surface area (Å²) in [5.74, 6) is 1.61. The topological polar surface area (TPSA) is 65.4 Å². The van der Waals surface area contributed by atoms with Crippen LogP contribution in [0.4, 0.5) is 10.2 Å². The number of carbonyl (C=O) groups is 1. The molecule has 5 rings (SSSR count). The van der Waals surface area contributed by atoms with E-state index in [2.05, 4.69) is 10.4 Å². The van der Waals surface area contributed by atoms with Crippen molar-refractivity contribution in [2.24, 2.45) is 0 Å². The summed E-state index contributed by atoms with van der Waals surface area (Å²) < 4.78 is 26.0. The maximum atomic E-state index is 13.4. The zero-order chi connectivity index (χ0) is 20.1. The summed E-state index contributed by atoms with van der Waals surface area (Å²) in [5.41, 5.74) is 3.41. The van der Waals surface area contributed by atoms with Crippen LogP contribution in [0.3, 0.4) is 0 Å². The number of amides is 1. The van der Waals surface area contributed by atoms with Gasteiger partial charge in [0.25, 0.3) is 0 Å². The minimum atomic E-state index is -0.324. The van der Waals surface area contributed by atoms with E-state index in [-0.39, 0.29) is 29.0 Å². The number of ether oxygens (including phenoxy) is 2. The van der Waals surface area contributed by atoms with Crippen molar-refractivity contribution in [3.05, 3.63) is 65.1 Å². The quantitative estimate of drug-likeness (QED) is 0.684. The van der Waals surface area contributed by atoms with Gasteiger partial charge in [0.05, 0.1) is 21.9 Å². The van der Waals surface area contributed by atoms with Crippen LogP contribution in [-0.2, 0) is 4.79 Å². The SMILES string of the molecule is Cc1nn(-c2ccc(F)cc2)c2c1[C@H](c1ccc3c(c1)OCO3)S[C@H](C)C(=O)N2. The lowest BCUT2D eigenvalue weighted by atomic mass is 10.0. The monoisotopic (exact) mass is 411 g/mol. The number of carbonyl (C=O) groups excluding carboxylic acids is 1. The third-order valence-electron chi connectivity index (χ3n) is 5.09. The zero-order valence-corrected chi connectivity index (χ0v) is 16.6. The number of hydrogen-bond acceptors (Lipinski definition) is 5. The summed E-state index contributed by atoms with van der Waals surface area (Å²) in [5, 5.41) is 7.28. The molecule has 0 saturated heterocycles. The van der Waals surface area contributed by atoms with Crippen LogP contribution in [0.1, 0.15) is 29.0 Å². The van der Waals surface area contributed by atoms with Gasteiger partial charge in [-0.25, -0.2) is 9.07 Å². The summed E-state index contributed by atoms with van der Waals surface area (Å²) in [6.45, 7) is 4.01. The molecule has 1 aromatic heterocycles. The predicted octanol–water partition coefficient (Wildman–Crippen LogP) is 4.21. The summed E-state index contributed by atoms with van der Waals surface area (Å²) in [7, 11) is 0. The van der Waals surface area contributed by atoms with E-state index in [1.165, 1.54) is 12.1 Å². The Bertz CT molecular complexity index is 1110. The molecule has 1 N–H and O–H groups in total. The molecule has 0 bridgehead atoms. The number of nitrogens with one attached hydrogen (secondary N) is 1. The Kier molecular flexibility index (Phi) is 4.24. The number of aromatic nitrogens is 2. The highest BCUT2D eigenvalue weighted by molar-refractivity contribution is 8.01. The Labute approximate surface area is 171 Å². The fourth-order valence-electron chi connectivity index (χ4n) is 3.62. The van der Waals surface area contributed by atoms with E-state index in [0.717, 1.165) is 16.8 Å². The van der Waals surface area contributed by atoms with Gasteiger partial charge >= 0.3 is 0 Å². The van der Waals surface area contributed by atoms with Gasteiger partial charge in [0.2, 0.25) is 12.7 Å². The number of rotatable bonds is 2. The van der Waals surface area contributed by atoms with Crippen molar-refractivity contribution in [1.29, 1.82) is 0 Å². The molecule has 0 aliphatic carbocycles. The zero-order valence-electron chi connectivity index (χ0n) is 15.8. The molecule has 29 heavy (non-hydrogen) atoms. The normalized spacial score (nSPS) is 20.2. The van der Waals surface area contributed by atoms with Crippen LogP contribution in [0.15, 0.2) is 42.5 Å². The maximum Gasteiger partial charge on any atom is 0.238 e. The molecule has 2 aliphatic rings. The van der Waals surface area contributed by atoms with Crippen molar-refractivity contribution in [2.75, 3.05) is 12.1 Å². The van der Waals surface area contributed by atoms with Crippen LogP contribution in [0.2, 0.25) is 0 Å². The lowest BCUT2D eigenvalue weighted by Gasteiger charge is -2.17. The van der Waals surface area contributed by atoms with Crippen molar-refractivity contribution < 1.29 is 18.7 Å². The van der Waals surface area contributed by atoms with Gasteiger partial charge in [-0.1, -0.05) is 6.07 Å². The van der Waals surface area contributed by atoms with Gasteiger partial charge in [-0.15, -0.1) is 11.8 Å². The van der Waals surface area contributed by atoms with E-state index in [9.17, 15) is 9.18 Å². The number of benzene rings is 2. The first-order valence-corrected chi connectivity index (χ1v) is 10.2. The molecule has 2 aromatic carbocycles. The molecule has 3 heterocycles. The molecule has 2 atom stereocenters. The fourth-order valence-corrected chi connectivity index (χ4v) is 4.93. The van der Waals surface area contributed by atoms with Crippen LogP contribution in [0.5, 0.6) is 11.5 Å². The highest BCUT2D eigenvalue weighted by Crippen LogP contribution is 2.48. The van der Waals surface area contributed by atoms with E-state index in [0.29, 0.717) is 23.0 Å².